The molecule has 1 aromatic carbocycles. The van der Waals surface area contributed by atoms with Crippen molar-refractivity contribution in [2.75, 3.05) is 6.54 Å². The van der Waals surface area contributed by atoms with Crippen LogP contribution in [-0.4, -0.2) is 12.1 Å². The molecule has 0 spiro atoms. The van der Waals surface area contributed by atoms with Crippen LogP contribution in [0.5, 0.6) is 0 Å². The first-order chi connectivity index (χ1) is 9.10. The van der Waals surface area contributed by atoms with Crippen molar-refractivity contribution in [1.82, 2.24) is 5.32 Å². The Morgan fingerprint density at radius 2 is 1.65 bits per heavy atom. The monoisotopic (exact) mass is 285 g/mol. The first-order valence-electron chi connectivity index (χ1n) is 6.70. The maximum Gasteiger partial charge on any atom is 0.194 e. The molecule has 1 N–H and O–H groups in total. The van der Waals surface area contributed by atoms with Crippen LogP contribution in [0.1, 0.15) is 40.2 Å². The molecule has 4 heteroatoms. The van der Waals surface area contributed by atoms with Crippen LogP contribution in [-0.2, 0) is 0 Å². The van der Waals surface area contributed by atoms with Crippen molar-refractivity contribution in [3.63, 3.8) is 0 Å². The van der Waals surface area contributed by atoms with Gasteiger partial charge in [0, 0.05) is 12.1 Å². The van der Waals surface area contributed by atoms with Gasteiger partial charge in [0.15, 0.2) is 17.5 Å². The van der Waals surface area contributed by atoms with Crippen molar-refractivity contribution in [2.45, 2.75) is 40.2 Å². The van der Waals surface area contributed by atoms with Gasteiger partial charge in [-0.25, -0.2) is 13.2 Å². The molecule has 1 nitrogen and oxygen atoms in total. The fourth-order valence-corrected chi connectivity index (χ4v) is 1.66. The largest absolute Gasteiger partial charge is 0.308 e. The lowest BCUT2D eigenvalue weighted by Crippen LogP contribution is -2.37. The van der Waals surface area contributed by atoms with Gasteiger partial charge in [0.25, 0.3) is 0 Å². The number of halogens is 3. The molecule has 0 aliphatic rings. The average molecular weight is 285 g/mol. The summed E-state index contributed by atoms with van der Waals surface area (Å²) in [5.74, 6) is -3.53. The summed E-state index contributed by atoms with van der Waals surface area (Å²) in [6.07, 6.45) is 1.70. The van der Waals surface area contributed by atoms with Gasteiger partial charge in [-0.15, -0.1) is 0 Å². The minimum atomic E-state index is -1.43. The lowest BCUT2D eigenvalue weighted by Gasteiger charge is -2.23. The Labute approximate surface area is 118 Å². The third-order valence-electron chi connectivity index (χ3n) is 2.92. The van der Waals surface area contributed by atoms with Crippen molar-refractivity contribution in [2.24, 2.45) is 5.92 Å². The highest BCUT2D eigenvalue weighted by atomic mass is 19.2. The molecule has 0 bridgehead atoms. The van der Waals surface area contributed by atoms with E-state index in [-0.39, 0.29) is 11.5 Å². The fourth-order valence-electron chi connectivity index (χ4n) is 1.66. The molecule has 0 amide bonds. The van der Waals surface area contributed by atoms with Gasteiger partial charge in [0.1, 0.15) is 0 Å². The van der Waals surface area contributed by atoms with E-state index >= 15 is 0 Å². The number of hydrogen-bond acceptors (Lipinski definition) is 1. The van der Waals surface area contributed by atoms with Crippen molar-refractivity contribution < 1.29 is 13.2 Å². The maximum atomic E-state index is 13.2. The highest BCUT2D eigenvalue weighted by Gasteiger charge is 2.13. The molecule has 0 saturated heterocycles. The van der Waals surface area contributed by atoms with E-state index in [4.69, 9.17) is 0 Å². The Hall–Kier alpha value is -1.29. The van der Waals surface area contributed by atoms with Gasteiger partial charge in [-0.1, -0.05) is 25.5 Å². The van der Waals surface area contributed by atoms with Crippen LogP contribution in [0, 0.1) is 23.4 Å². The highest BCUT2D eigenvalue weighted by molar-refractivity contribution is 5.54. The quantitative estimate of drug-likeness (QED) is 0.801. The van der Waals surface area contributed by atoms with E-state index in [9.17, 15) is 13.2 Å². The SMILES string of the molecule is CC(C)C(=Cc1cc(F)c(F)c(F)c1)CNC(C)(C)C. The summed E-state index contributed by atoms with van der Waals surface area (Å²) in [5.41, 5.74) is 1.29. The number of hydrogen-bond donors (Lipinski definition) is 1. The Balaban J connectivity index is 3.02. The Bertz CT molecular complexity index is 476. The molecule has 0 unspecified atom stereocenters. The summed E-state index contributed by atoms with van der Waals surface area (Å²) in [6, 6.07) is 2.02. The maximum absolute atomic E-state index is 13.2. The second-order valence-electron chi connectivity index (χ2n) is 6.28. The zero-order valence-corrected chi connectivity index (χ0v) is 12.7. The van der Waals surface area contributed by atoms with Gasteiger partial charge in [0.05, 0.1) is 0 Å². The molecule has 0 radical (unpaired) electrons. The van der Waals surface area contributed by atoms with Crippen molar-refractivity contribution in [1.29, 1.82) is 0 Å². The second kappa shape index (κ2) is 6.44. The summed E-state index contributed by atoms with van der Waals surface area (Å²) < 4.78 is 39.3. The number of nitrogens with one attached hydrogen (secondary N) is 1. The molecular formula is C16H22F3N. The second-order valence-corrected chi connectivity index (χ2v) is 6.28. The zero-order valence-electron chi connectivity index (χ0n) is 12.7. The summed E-state index contributed by atoms with van der Waals surface area (Å²) in [5, 5.41) is 3.33. The van der Waals surface area contributed by atoms with E-state index in [2.05, 4.69) is 5.32 Å². The molecule has 0 aliphatic heterocycles. The van der Waals surface area contributed by atoms with Crippen molar-refractivity contribution in [3.8, 4) is 0 Å². The predicted octanol–water partition coefficient (Wildman–Crippen LogP) is 4.53. The van der Waals surface area contributed by atoms with Crippen LogP contribution in [0.2, 0.25) is 0 Å². The standard InChI is InChI=1S/C16H22F3N/c1-10(2)12(9-20-16(3,4)5)6-11-7-13(17)15(19)14(18)8-11/h6-8,10,20H,9H2,1-5H3. The van der Waals surface area contributed by atoms with Crippen LogP contribution in [0.25, 0.3) is 6.08 Å². The zero-order chi connectivity index (χ0) is 15.5. The van der Waals surface area contributed by atoms with E-state index in [0.29, 0.717) is 12.1 Å². The lowest BCUT2D eigenvalue weighted by molar-refractivity contribution is 0.437. The average Bonchev–Trinajstić information content (AvgIpc) is 2.29. The molecule has 0 saturated carbocycles. The first kappa shape index (κ1) is 16.8. The third-order valence-corrected chi connectivity index (χ3v) is 2.92. The minimum absolute atomic E-state index is 0.0483. The molecule has 0 atom stereocenters. The molecule has 0 aliphatic carbocycles. The predicted molar refractivity (Wildman–Crippen MR) is 76.9 cm³/mol. The molecule has 1 aromatic rings. The van der Waals surface area contributed by atoms with E-state index in [1.54, 1.807) is 6.08 Å². The van der Waals surface area contributed by atoms with Crippen LogP contribution in [0.4, 0.5) is 13.2 Å². The molecule has 0 heterocycles. The summed E-state index contributed by atoms with van der Waals surface area (Å²) in [7, 11) is 0. The summed E-state index contributed by atoms with van der Waals surface area (Å²) in [6.45, 7) is 10.8. The van der Waals surface area contributed by atoms with E-state index < -0.39 is 17.5 Å². The van der Waals surface area contributed by atoms with Crippen LogP contribution < -0.4 is 5.32 Å². The lowest BCUT2D eigenvalue weighted by atomic mass is 9.98. The minimum Gasteiger partial charge on any atom is -0.308 e. The summed E-state index contributed by atoms with van der Waals surface area (Å²) >= 11 is 0. The van der Waals surface area contributed by atoms with Gasteiger partial charge >= 0.3 is 0 Å². The number of benzene rings is 1. The molecule has 1 rings (SSSR count). The Morgan fingerprint density at radius 1 is 1.15 bits per heavy atom. The van der Waals surface area contributed by atoms with Gasteiger partial charge in [-0.2, -0.15) is 0 Å². The van der Waals surface area contributed by atoms with E-state index in [1.807, 2.05) is 34.6 Å². The van der Waals surface area contributed by atoms with Gasteiger partial charge < -0.3 is 5.32 Å². The van der Waals surface area contributed by atoms with Gasteiger partial charge in [-0.05, 0) is 44.4 Å². The van der Waals surface area contributed by atoms with Crippen LogP contribution >= 0.6 is 0 Å². The van der Waals surface area contributed by atoms with Crippen LogP contribution in [0.3, 0.4) is 0 Å². The number of rotatable bonds is 4. The summed E-state index contributed by atoms with van der Waals surface area (Å²) in [4.78, 5) is 0. The van der Waals surface area contributed by atoms with E-state index in [0.717, 1.165) is 17.7 Å². The third kappa shape index (κ3) is 5.00. The molecule has 0 aromatic heterocycles. The Kier molecular flexibility index (Phi) is 5.40. The molecule has 112 valence electrons. The molecule has 0 fully saturated rings. The van der Waals surface area contributed by atoms with Gasteiger partial charge in [-0.3, -0.25) is 0 Å². The van der Waals surface area contributed by atoms with Crippen molar-refractivity contribution in [3.05, 3.63) is 40.7 Å². The first-order valence-corrected chi connectivity index (χ1v) is 6.70. The molecular weight excluding hydrogens is 263 g/mol. The van der Waals surface area contributed by atoms with Crippen LogP contribution in [0.15, 0.2) is 17.7 Å². The normalized spacial score (nSPS) is 13.2. The smallest absolute Gasteiger partial charge is 0.194 e. The fraction of sp³-hybridized carbons (Fsp3) is 0.500. The molecule has 20 heavy (non-hydrogen) atoms. The van der Waals surface area contributed by atoms with E-state index in [1.165, 1.54) is 0 Å². The topological polar surface area (TPSA) is 12.0 Å². The Morgan fingerprint density at radius 3 is 2.05 bits per heavy atom. The van der Waals surface area contributed by atoms with Gasteiger partial charge in [0.2, 0.25) is 0 Å². The van der Waals surface area contributed by atoms with Crippen molar-refractivity contribution >= 4 is 6.08 Å². The highest BCUT2D eigenvalue weighted by Crippen LogP contribution is 2.19.